The minimum Gasteiger partial charge on any atom is -0.493 e. The number of ether oxygens (including phenoxy) is 4. The first kappa shape index (κ1) is 25.7. The van der Waals surface area contributed by atoms with Gasteiger partial charge in [0.25, 0.3) is 0 Å². The highest BCUT2D eigenvalue weighted by Crippen LogP contribution is 2.47. The maximum Gasteiger partial charge on any atom is 0.242 e. The summed E-state index contributed by atoms with van der Waals surface area (Å²) in [5.41, 5.74) is 5.92. The zero-order chi connectivity index (χ0) is 26.7. The molecule has 5 rings (SSSR count). The van der Waals surface area contributed by atoms with E-state index in [0.29, 0.717) is 73.3 Å². The van der Waals surface area contributed by atoms with Crippen molar-refractivity contribution in [3.63, 3.8) is 0 Å². The van der Waals surface area contributed by atoms with Gasteiger partial charge in [-0.3, -0.25) is 19.5 Å². The monoisotopic (exact) mass is 520 g/mol. The van der Waals surface area contributed by atoms with Crippen LogP contribution >= 0.6 is 0 Å². The van der Waals surface area contributed by atoms with Gasteiger partial charge in [-0.15, -0.1) is 0 Å². The van der Waals surface area contributed by atoms with Crippen molar-refractivity contribution in [3.8, 4) is 23.0 Å². The van der Waals surface area contributed by atoms with Gasteiger partial charge in [0, 0.05) is 49.5 Å². The zero-order valence-corrected chi connectivity index (χ0v) is 21.6. The van der Waals surface area contributed by atoms with Crippen molar-refractivity contribution < 1.29 is 28.5 Å². The molecule has 1 aliphatic carbocycles. The Bertz CT molecular complexity index is 1320. The number of hydrogen-bond donors (Lipinski definition) is 1. The number of fused-ring (bicyclic) bond motifs is 1. The van der Waals surface area contributed by atoms with E-state index in [0.717, 1.165) is 18.5 Å². The van der Waals surface area contributed by atoms with Crippen molar-refractivity contribution in [2.75, 3.05) is 58.5 Å². The molecule has 200 valence electrons. The predicted molar refractivity (Wildman–Crippen MR) is 142 cm³/mol. The van der Waals surface area contributed by atoms with Crippen molar-refractivity contribution in [2.45, 2.75) is 12.8 Å². The minimum absolute atomic E-state index is 0.243. The smallest absolute Gasteiger partial charge is 0.242 e. The number of morpholine rings is 1. The highest BCUT2D eigenvalue weighted by atomic mass is 16.5. The molecule has 38 heavy (non-hydrogen) atoms. The highest BCUT2D eigenvalue weighted by molar-refractivity contribution is 6.13. The second-order valence-corrected chi connectivity index (χ2v) is 9.49. The van der Waals surface area contributed by atoms with E-state index in [1.165, 1.54) is 0 Å². The Morgan fingerprint density at radius 3 is 2.34 bits per heavy atom. The molecule has 10 nitrogen and oxygen atoms in total. The van der Waals surface area contributed by atoms with E-state index in [4.69, 9.17) is 24.7 Å². The molecule has 10 heteroatoms. The zero-order valence-electron chi connectivity index (χ0n) is 21.6. The summed E-state index contributed by atoms with van der Waals surface area (Å²) in [6.45, 7) is 4.10. The van der Waals surface area contributed by atoms with Gasteiger partial charge in [-0.1, -0.05) is 0 Å². The Balaban J connectivity index is 1.38. The number of carbonyl (C=O) groups excluding carboxylic acids is 2. The molecule has 2 aromatic carbocycles. The number of pyridine rings is 1. The molecule has 1 aliphatic heterocycles. The summed E-state index contributed by atoms with van der Waals surface area (Å²) < 4.78 is 22.5. The summed E-state index contributed by atoms with van der Waals surface area (Å²) in [4.78, 5) is 34.0. The molecule has 2 aliphatic rings. The predicted octanol–water partition coefficient (Wildman–Crippen LogP) is 2.98. The average Bonchev–Trinajstić information content (AvgIpc) is 3.76. The minimum atomic E-state index is -1.10. The molecule has 2 N–H and O–H groups in total. The molecule has 0 radical (unpaired) electrons. The van der Waals surface area contributed by atoms with Crippen molar-refractivity contribution in [3.05, 3.63) is 48.7 Å². The molecule has 0 unspecified atom stereocenters. The highest BCUT2D eigenvalue weighted by Gasteiger charge is 2.57. The van der Waals surface area contributed by atoms with E-state index >= 15 is 0 Å². The number of amides is 2. The Kier molecular flexibility index (Phi) is 7.35. The van der Waals surface area contributed by atoms with E-state index in [2.05, 4.69) is 9.88 Å². The average molecular weight is 521 g/mol. The number of nitrogens with zero attached hydrogens (tertiary/aromatic N) is 3. The molecule has 3 aromatic rings. The van der Waals surface area contributed by atoms with Crippen LogP contribution in [0.1, 0.15) is 12.8 Å². The van der Waals surface area contributed by atoms with Crippen molar-refractivity contribution in [2.24, 2.45) is 11.1 Å². The lowest BCUT2D eigenvalue weighted by molar-refractivity contribution is -0.133. The van der Waals surface area contributed by atoms with Crippen molar-refractivity contribution in [1.29, 1.82) is 0 Å². The first-order chi connectivity index (χ1) is 18.4. The van der Waals surface area contributed by atoms with Gasteiger partial charge in [0.2, 0.25) is 11.8 Å². The van der Waals surface area contributed by atoms with E-state index in [-0.39, 0.29) is 5.91 Å². The number of carbonyl (C=O) groups is 2. The van der Waals surface area contributed by atoms with E-state index in [1.54, 1.807) is 49.6 Å². The standard InChI is InChI=1S/C28H32N4O6/c1-35-24-17-21-22(18-25(24)36-2)30-10-7-23(21)38-20-5-3-19(4-6-20)32(12-11-31-13-15-37-16-14-31)27(34)28(8-9-28)26(29)33/h3-7,10,17-18H,8-9,11-16H2,1-2H3,(H2,29,33). The number of nitrogens with two attached hydrogens (primary N) is 1. The molecule has 0 bridgehead atoms. The molecular formula is C28H32N4O6. The number of rotatable bonds is 10. The van der Waals surface area contributed by atoms with Crippen LogP contribution in [0.3, 0.4) is 0 Å². The molecule has 0 atom stereocenters. The van der Waals surface area contributed by atoms with E-state index in [9.17, 15) is 9.59 Å². The summed E-state index contributed by atoms with van der Waals surface area (Å²) in [6, 6.07) is 12.7. The third kappa shape index (κ3) is 5.09. The Hall–Kier alpha value is -3.89. The molecule has 1 aromatic heterocycles. The Morgan fingerprint density at radius 1 is 1.03 bits per heavy atom. The number of benzene rings is 2. The molecule has 1 saturated carbocycles. The number of primary amides is 1. The van der Waals surface area contributed by atoms with Gasteiger partial charge in [-0.25, -0.2) is 0 Å². The van der Waals surface area contributed by atoms with Crippen LogP contribution in [-0.4, -0.2) is 75.3 Å². The third-order valence-corrected chi connectivity index (χ3v) is 7.20. The number of methoxy groups -OCH3 is 2. The quantitative estimate of drug-likeness (QED) is 0.406. The van der Waals surface area contributed by atoms with E-state index < -0.39 is 11.3 Å². The molecule has 2 fully saturated rings. The van der Waals surface area contributed by atoms with Gasteiger partial charge in [0.15, 0.2) is 11.5 Å². The summed E-state index contributed by atoms with van der Waals surface area (Å²) >= 11 is 0. The Morgan fingerprint density at radius 2 is 1.71 bits per heavy atom. The lowest BCUT2D eigenvalue weighted by atomic mass is 10.0. The van der Waals surface area contributed by atoms with Gasteiger partial charge in [0.05, 0.1) is 33.0 Å². The summed E-state index contributed by atoms with van der Waals surface area (Å²) in [7, 11) is 3.16. The second kappa shape index (κ2) is 10.8. The first-order valence-corrected chi connectivity index (χ1v) is 12.7. The van der Waals surface area contributed by atoms with Crippen LogP contribution in [-0.2, 0) is 14.3 Å². The number of anilines is 1. The second-order valence-electron chi connectivity index (χ2n) is 9.49. The van der Waals surface area contributed by atoms with Crippen LogP contribution in [0.5, 0.6) is 23.0 Å². The van der Waals surface area contributed by atoms with Gasteiger partial charge in [-0.2, -0.15) is 0 Å². The SMILES string of the molecule is COc1cc2nccc(Oc3ccc(N(CCN4CCOCC4)C(=O)C4(C(N)=O)CC4)cc3)c2cc1OC. The van der Waals surface area contributed by atoms with Gasteiger partial charge < -0.3 is 29.6 Å². The van der Waals surface area contributed by atoms with Crippen LogP contribution in [0.15, 0.2) is 48.7 Å². The van der Waals surface area contributed by atoms with Crippen LogP contribution in [0.25, 0.3) is 10.9 Å². The fourth-order valence-electron chi connectivity index (χ4n) is 4.72. The Labute approximate surface area is 221 Å². The topological polar surface area (TPSA) is 116 Å². The number of hydrogen-bond acceptors (Lipinski definition) is 8. The summed E-state index contributed by atoms with van der Waals surface area (Å²) in [6.07, 6.45) is 2.64. The van der Waals surface area contributed by atoms with Crippen molar-refractivity contribution in [1.82, 2.24) is 9.88 Å². The summed E-state index contributed by atoms with van der Waals surface area (Å²) in [5.74, 6) is 1.55. The first-order valence-electron chi connectivity index (χ1n) is 12.7. The van der Waals surface area contributed by atoms with Crippen LogP contribution < -0.4 is 24.8 Å². The molecular weight excluding hydrogens is 488 g/mol. The lowest BCUT2D eigenvalue weighted by Crippen LogP contribution is -2.48. The number of aromatic nitrogens is 1. The van der Waals surface area contributed by atoms with Gasteiger partial charge in [-0.05, 0) is 49.2 Å². The van der Waals surface area contributed by atoms with Crippen LogP contribution in [0, 0.1) is 5.41 Å². The van der Waals surface area contributed by atoms with E-state index in [1.807, 2.05) is 18.2 Å². The van der Waals surface area contributed by atoms with Crippen LogP contribution in [0.4, 0.5) is 5.69 Å². The lowest BCUT2D eigenvalue weighted by Gasteiger charge is -2.31. The molecule has 2 heterocycles. The molecule has 0 spiro atoms. The van der Waals surface area contributed by atoms with Gasteiger partial charge in [0.1, 0.15) is 16.9 Å². The maximum atomic E-state index is 13.5. The summed E-state index contributed by atoms with van der Waals surface area (Å²) in [5, 5.41) is 0.772. The fourth-order valence-corrected chi connectivity index (χ4v) is 4.72. The van der Waals surface area contributed by atoms with Crippen molar-refractivity contribution >= 4 is 28.4 Å². The molecule has 2 amide bonds. The van der Waals surface area contributed by atoms with Crippen LogP contribution in [0.2, 0.25) is 0 Å². The largest absolute Gasteiger partial charge is 0.493 e. The normalized spacial score (nSPS) is 16.6. The maximum absolute atomic E-state index is 13.5. The van der Waals surface area contributed by atoms with Gasteiger partial charge >= 0.3 is 0 Å². The molecule has 1 saturated heterocycles. The third-order valence-electron chi connectivity index (χ3n) is 7.20. The fraction of sp³-hybridized carbons (Fsp3) is 0.393.